The molecule has 0 aromatic heterocycles. The molecule has 9 nitrogen and oxygen atoms in total. The van der Waals surface area contributed by atoms with Crippen LogP contribution in [0.4, 0.5) is 10.1 Å². The number of hydrogen-bond donors (Lipinski definition) is 2. The van der Waals surface area contributed by atoms with Gasteiger partial charge in [0.15, 0.2) is 5.79 Å². The Morgan fingerprint density at radius 3 is 2.02 bits per heavy atom. The normalized spacial score (nSPS) is 21.4. The van der Waals surface area contributed by atoms with E-state index in [1.165, 1.54) is 12.1 Å². The second-order valence-corrected chi connectivity index (χ2v) is 12.6. The van der Waals surface area contributed by atoms with Gasteiger partial charge in [-0.15, -0.1) is 0 Å². The van der Waals surface area contributed by atoms with Gasteiger partial charge in [-0.1, -0.05) is 72.3 Å². The summed E-state index contributed by atoms with van der Waals surface area (Å²) in [5.41, 5.74) is 1.47. The van der Waals surface area contributed by atoms with Gasteiger partial charge in [0.1, 0.15) is 23.3 Å². The van der Waals surface area contributed by atoms with Crippen molar-refractivity contribution in [3.63, 3.8) is 0 Å². The van der Waals surface area contributed by atoms with Crippen LogP contribution >= 0.6 is 11.6 Å². The molecule has 3 aromatic carbocycles. The number of ether oxygens (including phenoxy) is 4. The van der Waals surface area contributed by atoms with Crippen molar-refractivity contribution in [3.05, 3.63) is 112 Å². The van der Waals surface area contributed by atoms with Gasteiger partial charge >= 0.3 is 5.97 Å². The highest BCUT2D eigenvalue weighted by molar-refractivity contribution is 7.93. The minimum Gasteiger partial charge on any atom is -0.478 e. The van der Waals surface area contributed by atoms with E-state index in [1.54, 1.807) is 0 Å². The van der Waals surface area contributed by atoms with Gasteiger partial charge in [0.05, 0.1) is 42.7 Å². The smallest absolute Gasteiger partial charge is 0.332 e. The van der Waals surface area contributed by atoms with Crippen molar-refractivity contribution < 1.29 is 41.7 Å². The Bertz CT molecular complexity index is 1500. The summed E-state index contributed by atoms with van der Waals surface area (Å²) in [4.78, 5) is 12.3. The zero-order valence-electron chi connectivity index (χ0n) is 23.0. The molecule has 3 aromatic rings. The first kappa shape index (κ1) is 31.1. The highest BCUT2D eigenvalue weighted by Gasteiger charge is 2.51. The predicted molar refractivity (Wildman–Crippen MR) is 157 cm³/mol. The Kier molecular flexibility index (Phi) is 9.80. The van der Waals surface area contributed by atoms with E-state index in [9.17, 15) is 22.7 Å². The van der Waals surface area contributed by atoms with Crippen LogP contribution in [-0.4, -0.2) is 56.0 Å². The molecule has 2 aliphatic rings. The SMILES string of the molecule is O=C(O)C1=CC2(CCC1S(=O)(=O)Nc1ccc(F)cc1Cl)O[C@@H](COCc1ccccc1)[C@H](COCc1ccccc1)O2. The number of carboxylic acid groups (broad SMARTS) is 1. The second kappa shape index (κ2) is 13.5. The number of carboxylic acids is 1. The molecule has 3 atom stereocenters. The van der Waals surface area contributed by atoms with Crippen molar-refractivity contribution >= 4 is 33.3 Å². The summed E-state index contributed by atoms with van der Waals surface area (Å²) in [6, 6.07) is 22.4. The summed E-state index contributed by atoms with van der Waals surface area (Å²) in [6.07, 6.45) is -0.0838. The molecule has 0 radical (unpaired) electrons. The molecule has 0 bridgehead atoms. The maximum atomic E-state index is 13.5. The third-order valence-electron chi connectivity index (χ3n) is 7.19. The van der Waals surface area contributed by atoms with E-state index in [0.29, 0.717) is 13.2 Å². The van der Waals surface area contributed by atoms with Gasteiger partial charge in [0.2, 0.25) is 10.0 Å². The third kappa shape index (κ3) is 7.80. The summed E-state index contributed by atoms with van der Waals surface area (Å²) < 4.78 is 66.8. The lowest BCUT2D eigenvalue weighted by molar-refractivity contribution is -0.156. The number of aliphatic carboxylic acids is 1. The average molecular weight is 632 g/mol. The van der Waals surface area contributed by atoms with E-state index in [-0.39, 0.29) is 36.8 Å². The Labute approximate surface area is 254 Å². The molecule has 1 fully saturated rings. The quantitative estimate of drug-likeness (QED) is 0.276. The molecular formula is C31H31ClFNO8S. The van der Waals surface area contributed by atoms with Gasteiger partial charge in [-0.3, -0.25) is 4.72 Å². The minimum absolute atomic E-state index is 0.0525. The topological polar surface area (TPSA) is 120 Å². The maximum absolute atomic E-state index is 13.5. The first-order chi connectivity index (χ1) is 20.6. The monoisotopic (exact) mass is 631 g/mol. The van der Waals surface area contributed by atoms with Crippen molar-refractivity contribution in [2.45, 2.75) is 49.3 Å². The first-order valence-corrected chi connectivity index (χ1v) is 15.6. The fourth-order valence-corrected chi connectivity index (χ4v) is 6.93. The Balaban J connectivity index is 1.33. The fourth-order valence-electron chi connectivity index (χ4n) is 5.10. The van der Waals surface area contributed by atoms with Gasteiger partial charge in [-0.2, -0.15) is 0 Å². The summed E-state index contributed by atoms with van der Waals surface area (Å²) >= 11 is 6.00. The second-order valence-electron chi connectivity index (χ2n) is 10.3. The number of carbonyl (C=O) groups is 1. The van der Waals surface area contributed by atoms with Gasteiger partial charge in [-0.05, 0) is 41.8 Å². The van der Waals surface area contributed by atoms with Crippen molar-refractivity contribution in [3.8, 4) is 0 Å². The van der Waals surface area contributed by atoms with Crippen LogP contribution < -0.4 is 4.72 Å². The van der Waals surface area contributed by atoms with Gasteiger partial charge in [0, 0.05) is 6.42 Å². The molecule has 1 spiro atoms. The lowest BCUT2D eigenvalue weighted by Crippen LogP contribution is -2.42. The van der Waals surface area contributed by atoms with Crippen molar-refractivity contribution in [2.75, 3.05) is 17.9 Å². The Morgan fingerprint density at radius 1 is 0.953 bits per heavy atom. The molecule has 1 unspecified atom stereocenters. The van der Waals surface area contributed by atoms with Crippen LogP contribution in [0.5, 0.6) is 0 Å². The van der Waals surface area contributed by atoms with Crippen LogP contribution in [0.15, 0.2) is 90.5 Å². The van der Waals surface area contributed by atoms with Crippen molar-refractivity contribution in [1.29, 1.82) is 0 Å². The molecular weight excluding hydrogens is 601 g/mol. The lowest BCUT2D eigenvalue weighted by atomic mass is 9.94. The standard InChI is InChI=1S/C31H31ClFNO8S/c32-25-15-23(33)11-12-26(25)34-43(37,38)29-13-14-31(16-24(29)30(35)36)41-27(19-39-17-21-7-3-1-4-8-21)28(42-31)20-40-18-22-9-5-2-6-10-22/h1-12,15-16,27-29,34H,13-14,17-20H2,(H,35,36)/t27-,28-,29?/m0/s1. The number of nitrogens with one attached hydrogen (secondary N) is 1. The van der Waals surface area contributed by atoms with E-state index in [2.05, 4.69) is 4.72 Å². The molecule has 2 N–H and O–H groups in total. The zero-order chi connectivity index (χ0) is 30.5. The molecule has 0 saturated carbocycles. The van der Waals surface area contributed by atoms with Crippen molar-refractivity contribution in [2.24, 2.45) is 0 Å². The Morgan fingerprint density at radius 2 is 1.51 bits per heavy atom. The first-order valence-electron chi connectivity index (χ1n) is 13.7. The third-order valence-corrected chi connectivity index (χ3v) is 9.24. The maximum Gasteiger partial charge on any atom is 0.332 e. The highest BCUT2D eigenvalue weighted by Crippen LogP contribution is 2.42. The van der Waals surface area contributed by atoms with Crippen LogP contribution in [0.25, 0.3) is 0 Å². The van der Waals surface area contributed by atoms with Gasteiger partial charge in [0.25, 0.3) is 0 Å². The molecule has 43 heavy (non-hydrogen) atoms. The summed E-state index contributed by atoms with van der Waals surface area (Å²) in [5, 5.41) is 8.45. The minimum atomic E-state index is -4.30. The average Bonchev–Trinajstić information content (AvgIpc) is 3.31. The van der Waals surface area contributed by atoms with E-state index < -0.39 is 50.6 Å². The van der Waals surface area contributed by atoms with E-state index in [4.69, 9.17) is 30.5 Å². The highest BCUT2D eigenvalue weighted by atomic mass is 35.5. The zero-order valence-corrected chi connectivity index (χ0v) is 24.6. The Hall–Kier alpha value is -3.32. The van der Waals surface area contributed by atoms with Gasteiger partial charge in [-0.25, -0.2) is 17.6 Å². The van der Waals surface area contributed by atoms with Crippen LogP contribution in [0.2, 0.25) is 5.02 Å². The summed E-state index contributed by atoms with van der Waals surface area (Å²) in [6.45, 7) is 0.941. The largest absolute Gasteiger partial charge is 0.478 e. The fraction of sp³-hybridized carbons (Fsp3) is 0.323. The number of sulfonamides is 1. The molecule has 228 valence electrons. The number of halogens is 2. The van der Waals surface area contributed by atoms with Gasteiger partial charge < -0.3 is 24.1 Å². The van der Waals surface area contributed by atoms with E-state index >= 15 is 0 Å². The number of anilines is 1. The molecule has 1 aliphatic carbocycles. The van der Waals surface area contributed by atoms with E-state index in [0.717, 1.165) is 23.3 Å². The molecule has 0 amide bonds. The number of rotatable bonds is 12. The lowest BCUT2D eigenvalue weighted by Gasteiger charge is -2.33. The molecule has 1 saturated heterocycles. The van der Waals surface area contributed by atoms with E-state index in [1.807, 2.05) is 60.7 Å². The van der Waals surface area contributed by atoms with Crippen LogP contribution in [0, 0.1) is 5.82 Å². The molecule has 12 heteroatoms. The van der Waals surface area contributed by atoms with Crippen LogP contribution in [0.1, 0.15) is 24.0 Å². The summed E-state index contributed by atoms with van der Waals surface area (Å²) in [7, 11) is -4.30. The summed E-state index contributed by atoms with van der Waals surface area (Å²) in [5.74, 6) is -3.57. The molecule has 1 heterocycles. The number of hydrogen-bond acceptors (Lipinski definition) is 7. The van der Waals surface area contributed by atoms with Crippen LogP contribution in [-0.2, 0) is 47.0 Å². The predicted octanol–water partition coefficient (Wildman–Crippen LogP) is 5.31. The van der Waals surface area contributed by atoms with Crippen molar-refractivity contribution in [1.82, 2.24) is 0 Å². The molecule has 1 aliphatic heterocycles. The molecule has 5 rings (SSSR count). The number of benzene rings is 3. The van der Waals surface area contributed by atoms with Crippen LogP contribution in [0.3, 0.4) is 0 Å².